The SMILES string of the molecule is COc1ccc(CCC(=O)N2CCc3ccccc32)cc1F. The summed E-state index contributed by atoms with van der Waals surface area (Å²) in [4.78, 5) is 14.2. The predicted molar refractivity (Wildman–Crippen MR) is 83.8 cm³/mol. The predicted octanol–water partition coefficient (Wildman–Crippen LogP) is 3.36. The smallest absolute Gasteiger partial charge is 0.227 e. The number of anilines is 1. The maximum atomic E-state index is 13.7. The molecule has 0 aromatic heterocycles. The molecular formula is C18H18FNO2. The Labute approximate surface area is 129 Å². The average molecular weight is 299 g/mol. The largest absolute Gasteiger partial charge is 0.494 e. The highest BCUT2D eigenvalue weighted by molar-refractivity contribution is 5.95. The fourth-order valence-corrected chi connectivity index (χ4v) is 2.85. The Balaban J connectivity index is 1.65. The molecule has 114 valence electrons. The van der Waals surface area contributed by atoms with Gasteiger partial charge in [0.05, 0.1) is 7.11 Å². The summed E-state index contributed by atoms with van der Waals surface area (Å²) in [6, 6.07) is 12.8. The lowest BCUT2D eigenvalue weighted by Crippen LogP contribution is -2.29. The van der Waals surface area contributed by atoms with Crippen LogP contribution in [0, 0.1) is 5.82 Å². The first kappa shape index (κ1) is 14.6. The number of carbonyl (C=O) groups is 1. The van der Waals surface area contributed by atoms with Gasteiger partial charge >= 0.3 is 0 Å². The van der Waals surface area contributed by atoms with Gasteiger partial charge in [0.25, 0.3) is 0 Å². The van der Waals surface area contributed by atoms with Crippen LogP contribution < -0.4 is 9.64 Å². The minimum absolute atomic E-state index is 0.0844. The van der Waals surface area contributed by atoms with Gasteiger partial charge in [-0.15, -0.1) is 0 Å². The summed E-state index contributed by atoms with van der Waals surface area (Å²) in [5.41, 5.74) is 3.03. The van der Waals surface area contributed by atoms with Crippen molar-refractivity contribution in [3.63, 3.8) is 0 Å². The quantitative estimate of drug-likeness (QED) is 0.866. The maximum absolute atomic E-state index is 13.7. The molecule has 4 heteroatoms. The first-order valence-electron chi connectivity index (χ1n) is 7.39. The third-order valence-electron chi connectivity index (χ3n) is 4.03. The Morgan fingerprint density at radius 3 is 2.86 bits per heavy atom. The van der Waals surface area contributed by atoms with Crippen LogP contribution in [-0.2, 0) is 17.6 Å². The topological polar surface area (TPSA) is 29.5 Å². The van der Waals surface area contributed by atoms with Crippen LogP contribution in [0.15, 0.2) is 42.5 Å². The molecule has 1 heterocycles. The molecular weight excluding hydrogens is 281 g/mol. The van der Waals surface area contributed by atoms with E-state index < -0.39 is 0 Å². The highest BCUT2D eigenvalue weighted by atomic mass is 19.1. The van der Waals surface area contributed by atoms with E-state index >= 15 is 0 Å². The number of hydrogen-bond donors (Lipinski definition) is 0. The summed E-state index contributed by atoms with van der Waals surface area (Å²) in [5.74, 6) is -0.0799. The van der Waals surface area contributed by atoms with E-state index in [1.165, 1.54) is 18.7 Å². The number of benzene rings is 2. The number of hydrogen-bond acceptors (Lipinski definition) is 2. The fraction of sp³-hybridized carbons (Fsp3) is 0.278. The van der Waals surface area contributed by atoms with Gasteiger partial charge in [0.15, 0.2) is 11.6 Å². The van der Waals surface area contributed by atoms with E-state index in [4.69, 9.17) is 4.74 Å². The van der Waals surface area contributed by atoms with Crippen molar-refractivity contribution in [3.05, 3.63) is 59.4 Å². The van der Waals surface area contributed by atoms with Gasteiger partial charge in [-0.1, -0.05) is 24.3 Å². The Morgan fingerprint density at radius 1 is 1.27 bits per heavy atom. The number of ether oxygens (including phenoxy) is 1. The number of amides is 1. The van der Waals surface area contributed by atoms with Crippen LogP contribution in [0.4, 0.5) is 10.1 Å². The van der Waals surface area contributed by atoms with Crippen molar-refractivity contribution in [2.24, 2.45) is 0 Å². The van der Waals surface area contributed by atoms with Gasteiger partial charge in [-0.05, 0) is 42.2 Å². The molecule has 0 fully saturated rings. The third kappa shape index (κ3) is 2.82. The monoisotopic (exact) mass is 299 g/mol. The van der Waals surface area contributed by atoms with Crippen LogP contribution in [0.5, 0.6) is 5.75 Å². The Bertz CT molecular complexity index is 699. The van der Waals surface area contributed by atoms with E-state index in [1.807, 2.05) is 23.1 Å². The van der Waals surface area contributed by atoms with Gasteiger partial charge < -0.3 is 9.64 Å². The number of nitrogens with zero attached hydrogens (tertiary/aromatic N) is 1. The number of para-hydroxylation sites is 1. The van der Waals surface area contributed by atoms with Gasteiger partial charge in [-0.3, -0.25) is 4.79 Å². The number of carbonyl (C=O) groups excluding carboxylic acids is 1. The van der Waals surface area contributed by atoms with Crippen molar-refractivity contribution in [2.75, 3.05) is 18.6 Å². The van der Waals surface area contributed by atoms with Crippen LogP contribution in [-0.4, -0.2) is 19.6 Å². The van der Waals surface area contributed by atoms with Crippen molar-refractivity contribution >= 4 is 11.6 Å². The average Bonchev–Trinajstić information content (AvgIpc) is 2.97. The first-order chi connectivity index (χ1) is 10.7. The van der Waals surface area contributed by atoms with Gasteiger partial charge in [0, 0.05) is 18.7 Å². The summed E-state index contributed by atoms with van der Waals surface area (Å²) in [6.07, 6.45) is 1.80. The molecule has 3 nitrogen and oxygen atoms in total. The molecule has 0 aliphatic carbocycles. The van der Waals surface area contributed by atoms with E-state index in [1.54, 1.807) is 12.1 Å². The Kier molecular flexibility index (Phi) is 4.09. The van der Waals surface area contributed by atoms with Gasteiger partial charge in [-0.25, -0.2) is 4.39 Å². The second-order valence-corrected chi connectivity index (χ2v) is 5.39. The Hall–Kier alpha value is -2.36. The van der Waals surface area contributed by atoms with Gasteiger partial charge in [0.2, 0.25) is 5.91 Å². The molecule has 0 spiro atoms. The number of rotatable bonds is 4. The molecule has 0 radical (unpaired) electrons. The van der Waals surface area contributed by atoms with Crippen LogP contribution >= 0.6 is 0 Å². The van der Waals surface area contributed by atoms with E-state index in [0.717, 1.165) is 24.2 Å². The molecule has 0 saturated carbocycles. The Morgan fingerprint density at radius 2 is 2.09 bits per heavy atom. The van der Waals surface area contributed by atoms with Gasteiger partial charge in [0.1, 0.15) is 0 Å². The van der Waals surface area contributed by atoms with Crippen LogP contribution in [0.2, 0.25) is 0 Å². The van der Waals surface area contributed by atoms with Crippen molar-refractivity contribution in [2.45, 2.75) is 19.3 Å². The molecule has 0 bridgehead atoms. The highest BCUT2D eigenvalue weighted by Crippen LogP contribution is 2.28. The van der Waals surface area contributed by atoms with Crippen molar-refractivity contribution in [3.8, 4) is 5.75 Å². The van der Waals surface area contributed by atoms with E-state index in [0.29, 0.717) is 12.8 Å². The lowest BCUT2D eigenvalue weighted by Gasteiger charge is -2.17. The summed E-state index contributed by atoms with van der Waals surface area (Å²) >= 11 is 0. The van der Waals surface area contributed by atoms with Crippen molar-refractivity contribution < 1.29 is 13.9 Å². The molecule has 0 saturated heterocycles. The molecule has 0 unspecified atom stereocenters. The minimum Gasteiger partial charge on any atom is -0.494 e. The molecule has 0 N–H and O–H groups in total. The van der Waals surface area contributed by atoms with Crippen molar-refractivity contribution in [1.29, 1.82) is 0 Å². The van der Waals surface area contributed by atoms with Gasteiger partial charge in [-0.2, -0.15) is 0 Å². The number of aryl methyl sites for hydroxylation is 1. The number of fused-ring (bicyclic) bond motifs is 1. The summed E-state index contributed by atoms with van der Waals surface area (Å²) < 4.78 is 18.5. The molecule has 2 aromatic carbocycles. The van der Waals surface area contributed by atoms with Crippen LogP contribution in [0.1, 0.15) is 17.5 Å². The van der Waals surface area contributed by atoms with E-state index in [9.17, 15) is 9.18 Å². The zero-order valence-corrected chi connectivity index (χ0v) is 12.5. The summed E-state index contributed by atoms with van der Waals surface area (Å²) in [7, 11) is 1.44. The van der Waals surface area contributed by atoms with Crippen LogP contribution in [0.3, 0.4) is 0 Å². The molecule has 1 aliphatic heterocycles. The van der Waals surface area contributed by atoms with E-state index in [-0.39, 0.29) is 17.5 Å². The fourth-order valence-electron chi connectivity index (χ4n) is 2.85. The summed E-state index contributed by atoms with van der Waals surface area (Å²) in [5, 5.41) is 0. The molecule has 2 aromatic rings. The summed E-state index contributed by atoms with van der Waals surface area (Å²) in [6.45, 7) is 0.731. The lowest BCUT2D eigenvalue weighted by molar-refractivity contribution is -0.118. The molecule has 1 amide bonds. The molecule has 3 rings (SSSR count). The molecule has 22 heavy (non-hydrogen) atoms. The number of methoxy groups -OCH3 is 1. The second-order valence-electron chi connectivity index (χ2n) is 5.39. The minimum atomic E-state index is -0.390. The zero-order valence-electron chi connectivity index (χ0n) is 12.5. The molecule has 0 atom stereocenters. The first-order valence-corrected chi connectivity index (χ1v) is 7.39. The number of halogens is 1. The second kappa shape index (κ2) is 6.18. The lowest BCUT2D eigenvalue weighted by atomic mass is 10.1. The maximum Gasteiger partial charge on any atom is 0.227 e. The molecule has 1 aliphatic rings. The van der Waals surface area contributed by atoms with Crippen molar-refractivity contribution in [1.82, 2.24) is 0 Å². The normalized spacial score (nSPS) is 13.1. The van der Waals surface area contributed by atoms with Crippen LogP contribution in [0.25, 0.3) is 0 Å². The zero-order chi connectivity index (χ0) is 15.5. The highest BCUT2D eigenvalue weighted by Gasteiger charge is 2.23. The van der Waals surface area contributed by atoms with E-state index in [2.05, 4.69) is 6.07 Å². The standard InChI is InChI=1S/C18H18FNO2/c1-22-17-8-6-13(12-15(17)19)7-9-18(21)20-11-10-14-4-2-3-5-16(14)20/h2-6,8,12H,7,9-11H2,1H3. The third-order valence-corrected chi connectivity index (χ3v) is 4.03.